The quantitative estimate of drug-likeness (QED) is 0.780. The van der Waals surface area contributed by atoms with Gasteiger partial charge in [0.1, 0.15) is 11.6 Å². The van der Waals surface area contributed by atoms with Crippen molar-refractivity contribution in [2.45, 2.75) is 19.9 Å². The molecule has 0 bridgehead atoms. The molecule has 1 atom stereocenters. The average molecular weight is 275 g/mol. The number of nitrogens with zero attached hydrogens (tertiary/aromatic N) is 1. The van der Waals surface area contributed by atoms with Gasteiger partial charge in [0.25, 0.3) is 11.8 Å². The topological polar surface area (TPSA) is 93.8 Å². The Hall–Kier alpha value is -2.21. The number of carbonyl (C=O) groups excluding carboxylic acids is 2. The van der Waals surface area contributed by atoms with E-state index in [1.807, 2.05) is 0 Å². The molecule has 0 spiro atoms. The molecule has 0 aliphatic carbocycles. The predicted octanol–water partition coefficient (Wildman–Crippen LogP) is 0.452. The average Bonchev–Trinajstić information content (AvgIpc) is 2.42. The monoisotopic (exact) mass is 275 g/mol. The number of carbonyl (C=O) groups is 2. The van der Waals surface area contributed by atoms with Gasteiger partial charge in [-0.15, -0.1) is 0 Å². The van der Waals surface area contributed by atoms with E-state index in [0.717, 1.165) is 5.75 Å². The number of nitrogens with two attached hydrogens (primary N) is 1. The molecule has 0 aromatic heterocycles. The van der Waals surface area contributed by atoms with E-state index in [2.05, 4.69) is 24.2 Å². The molecule has 1 aromatic rings. The summed E-state index contributed by atoms with van der Waals surface area (Å²) in [4.78, 5) is 26.7. The van der Waals surface area contributed by atoms with Gasteiger partial charge in [0.2, 0.25) is 0 Å². The Morgan fingerprint density at radius 3 is 2.50 bits per heavy atom. The fourth-order valence-corrected chi connectivity index (χ4v) is 1.62. The standard InChI is InChI=1S/C14H17N3O3/c1-8(2)7-20-10-5-3-9(4-6-10)12-16-13(18)11(15)14(19)17-12/h3-6,8,11H,7,15H2,1-2H3,(H,16,17,18,19). The van der Waals surface area contributed by atoms with Crippen LogP contribution in [0.15, 0.2) is 29.3 Å². The van der Waals surface area contributed by atoms with Crippen molar-refractivity contribution in [3.8, 4) is 5.75 Å². The van der Waals surface area contributed by atoms with Crippen LogP contribution in [0.5, 0.6) is 5.75 Å². The first-order valence-electron chi connectivity index (χ1n) is 6.39. The first-order valence-corrected chi connectivity index (χ1v) is 6.39. The molecule has 1 heterocycles. The van der Waals surface area contributed by atoms with Crippen molar-refractivity contribution >= 4 is 17.6 Å². The SMILES string of the molecule is CC(C)COc1ccc(C2=NC(=O)C(N)C(=O)N2)cc1. The lowest BCUT2D eigenvalue weighted by atomic mass is 10.1. The van der Waals surface area contributed by atoms with Crippen LogP contribution in [0.3, 0.4) is 0 Å². The van der Waals surface area contributed by atoms with Gasteiger partial charge in [0.15, 0.2) is 6.04 Å². The molecule has 106 valence electrons. The maximum atomic E-state index is 11.5. The van der Waals surface area contributed by atoms with E-state index < -0.39 is 17.9 Å². The molecule has 0 fully saturated rings. The molecule has 2 amide bonds. The lowest BCUT2D eigenvalue weighted by molar-refractivity contribution is -0.129. The van der Waals surface area contributed by atoms with Crippen molar-refractivity contribution in [3.05, 3.63) is 29.8 Å². The summed E-state index contributed by atoms with van der Waals surface area (Å²) in [7, 11) is 0. The first-order chi connectivity index (χ1) is 9.47. The van der Waals surface area contributed by atoms with E-state index in [4.69, 9.17) is 10.5 Å². The maximum absolute atomic E-state index is 11.5. The van der Waals surface area contributed by atoms with E-state index >= 15 is 0 Å². The third-order valence-electron chi connectivity index (χ3n) is 2.72. The van der Waals surface area contributed by atoms with Gasteiger partial charge in [-0.3, -0.25) is 9.59 Å². The van der Waals surface area contributed by atoms with Crippen LogP contribution in [0.2, 0.25) is 0 Å². The number of hydrogen-bond donors (Lipinski definition) is 2. The van der Waals surface area contributed by atoms with E-state index in [1.54, 1.807) is 24.3 Å². The van der Waals surface area contributed by atoms with E-state index in [0.29, 0.717) is 18.1 Å². The van der Waals surface area contributed by atoms with Crippen molar-refractivity contribution in [2.24, 2.45) is 16.6 Å². The van der Waals surface area contributed by atoms with Crippen molar-refractivity contribution < 1.29 is 14.3 Å². The van der Waals surface area contributed by atoms with Gasteiger partial charge in [-0.2, -0.15) is 4.99 Å². The smallest absolute Gasteiger partial charge is 0.274 e. The molecule has 1 unspecified atom stereocenters. The molecule has 6 heteroatoms. The summed E-state index contributed by atoms with van der Waals surface area (Å²) in [5, 5.41) is 2.51. The number of benzene rings is 1. The zero-order chi connectivity index (χ0) is 14.7. The highest BCUT2D eigenvalue weighted by Gasteiger charge is 2.28. The van der Waals surface area contributed by atoms with E-state index in [-0.39, 0.29) is 5.84 Å². The number of rotatable bonds is 4. The molecular weight excluding hydrogens is 258 g/mol. The molecule has 2 rings (SSSR count). The maximum Gasteiger partial charge on any atom is 0.274 e. The highest BCUT2D eigenvalue weighted by Crippen LogP contribution is 2.14. The lowest BCUT2D eigenvalue weighted by Gasteiger charge is -2.17. The Labute approximate surface area is 117 Å². The number of amidine groups is 1. The summed E-state index contributed by atoms with van der Waals surface area (Å²) in [5.41, 5.74) is 6.00. The summed E-state index contributed by atoms with van der Waals surface area (Å²) in [6, 6.07) is 5.79. The van der Waals surface area contributed by atoms with Crippen LogP contribution < -0.4 is 15.8 Å². The van der Waals surface area contributed by atoms with Crippen LogP contribution in [-0.4, -0.2) is 30.3 Å². The number of hydrogen-bond acceptors (Lipinski definition) is 4. The number of nitrogens with one attached hydrogen (secondary N) is 1. The largest absolute Gasteiger partial charge is 0.493 e. The second kappa shape index (κ2) is 5.83. The molecule has 0 radical (unpaired) electrons. The van der Waals surface area contributed by atoms with Crippen LogP contribution >= 0.6 is 0 Å². The highest BCUT2D eigenvalue weighted by atomic mass is 16.5. The summed E-state index contributed by atoms with van der Waals surface area (Å²) in [6.07, 6.45) is 0. The van der Waals surface area contributed by atoms with Crippen molar-refractivity contribution in [3.63, 3.8) is 0 Å². The summed E-state index contributed by atoms with van der Waals surface area (Å²) in [5.74, 6) is 0.213. The number of aliphatic imine (C=N–C) groups is 1. The Morgan fingerprint density at radius 1 is 1.30 bits per heavy atom. The van der Waals surface area contributed by atoms with Gasteiger partial charge in [-0.25, -0.2) is 0 Å². The van der Waals surface area contributed by atoms with Crippen molar-refractivity contribution in [2.75, 3.05) is 6.61 Å². The second-order valence-corrected chi connectivity index (χ2v) is 4.99. The highest BCUT2D eigenvalue weighted by molar-refractivity contribution is 6.22. The van der Waals surface area contributed by atoms with Crippen LogP contribution in [0.4, 0.5) is 0 Å². The summed E-state index contributed by atoms with van der Waals surface area (Å²) in [6.45, 7) is 4.76. The fourth-order valence-electron chi connectivity index (χ4n) is 1.62. The number of ether oxygens (including phenoxy) is 1. The van der Waals surface area contributed by atoms with Gasteiger partial charge < -0.3 is 15.8 Å². The summed E-state index contributed by atoms with van der Waals surface area (Å²) >= 11 is 0. The van der Waals surface area contributed by atoms with Crippen LogP contribution in [0.1, 0.15) is 19.4 Å². The minimum Gasteiger partial charge on any atom is -0.493 e. The second-order valence-electron chi connectivity index (χ2n) is 4.99. The molecule has 1 aromatic carbocycles. The molecule has 0 saturated carbocycles. The van der Waals surface area contributed by atoms with E-state index in [1.165, 1.54) is 0 Å². The lowest BCUT2D eigenvalue weighted by Crippen LogP contribution is -2.52. The third-order valence-corrected chi connectivity index (χ3v) is 2.72. The minimum atomic E-state index is -1.22. The Balaban J connectivity index is 2.12. The number of amides is 2. The Kier molecular flexibility index (Phi) is 4.14. The molecule has 1 aliphatic heterocycles. The van der Waals surface area contributed by atoms with Crippen LogP contribution in [0, 0.1) is 5.92 Å². The van der Waals surface area contributed by atoms with Gasteiger partial charge >= 0.3 is 0 Å². The van der Waals surface area contributed by atoms with Gasteiger partial charge in [-0.05, 0) is 30.2 Å². The van der Waals surface area contributed by atoms with Crippen LogP contribution in [-0.2, 0) is 9.59 Å². The summed E-state index contributed by atoms with van der Waals surface area (Å²) < 4.78 is 5.55. The first kappa shape index (κ1) is 14.2. The predicted molar refractivity (Wildman–Crippen MR) is 74.4 cm³/mol. The molecule has 20 heavy (non-hydrogen) atoms. The minimum absolute atomic E-state index is 0.220. The third kappa shape index (κ3) is 3.21. The van der Waals surface area contributed by atoms with Crippen LogP contribution in [0.25, 0.3) is 0 Å². The zero-order valence-corrected chi connectivity index (χ0v) is 11.4. The van der Waals surface area contributed by atoms with E-state index in [9.17, 15) is 9.59 Å². The fraction of sp³-hybridized carbons (Fsp3) is 0.357. The van der Waals surface area contributed by atoms with Crippen molar-refractivity contribution in [1.29, 1.82) is 0 Å². The van der Waals surface area contributed by atoms with Gasteiger partial charge in [-0.1, -0.05) is 13.8 Å². The Bertz CT molecular complexity index is 549. The molecule has 3 N–H and O–H groups in total. The Morgan fingerprint density at radius 2 is 1.95 bits per heavy atom. The van der Waals surface area contributed by atoms with Gasteiger partial charge in [0.05, 0.1) is 6.61 Å². The zero-order valence-electron chi connectivity index (χ0n) is 11.4. The molecular formula is C14H17N3O3. The van der Waals surface area contributed by atoms with Crippen molar-refractivity contribution in [1.82, 2.24) is 5.32 Å². The molecule has 1 aliphatic rings. The molecule has 0 saturated heterocycles. The normalized spacial score (nSPS) is 18.8. The van der Waals surface area contributed by atoms with Gasteiger partial charge in [0, 0.05) is 5.56 Å². The molecule has 6 nitrogen and oxygen atoms in total.